The Labute approximate surface area is 196 Å². The number of nitrogens with zero attached hydrogens (tertiary/aromatic N) is 2. The zero-order valence-corrected chi connectivity index (χ0v) is 18.8. The van der Waals surface area contributed by atoms with Gasteiger partial charge in [-0.15, -0.1) is 0 Å². The Morgan fingerprint density at radius 2 is 1.53 bits per heavy atom. The number of piperazine rings is 1. The molecule has 0 atom stereocenters. The zero-order chi connectivity index (χ0) is 23.9. The molecule has 0 radical (unpaired) electrons. The minimum absolute atomic E-state index is 0.244. The van der Waals surface area contributed by atoms with Gasteiger partial charge in [-0.3, -0.25) is 19.4 Å². The fraction of sp³-hybridized carbons (Fsp3) is 0.259. The smallest absolute Gasteiger partial charge is 0.196 e. The van der Waals surface area contributed by atoms with Gasteiger partial charge in [-0.05, 0) is 35.9 Å². The number of carbonyl (C=O) groups is 2. The van der Waals surface area contributed by atoms with Crippen LogP contribution in [-0.2, 0) is 12.1 Å². The van der Waals surface area contributed by atoms with E-state index in [1.54, 1.807) is 55.6 Å². The van der Waals surface area contributed by atoms with Gasteiger partial charge in [-0.1, -0.05) is 36.4 Å². The highest BCUT2D eigenvalue weighted by Gasteiger charge is 2.58. The van der Waals surface area contributed by atoms with Crippen molar-refractivity contribution in [3.05, 3.63) is 101 Å². The highest BCUT2D eigenvalue weighted by Crippen LogP contribution is 2.43. The molecule has 3 aromatic carbocycles. The van der Waals surface area contributed by atoms with Gasteiger partial charge >= 0.3 is 0 Å². The van der Waals surface area contributed by atoms with Crippen LogP contribution in [0, 0.1) is 11.6 Å². The summed E-state index contributed by atoms with van der Waals surface area (Å²) in [6.07, 6.45) is 0. The van der Waals surface area contributed by atoms with Gasteiger partial charge in [0.25, 0.3) is 0 Å². The molecule has 2 aliphatic rings. The van der Waals surface area contributed by atoms with Crippen LogP contribution in [0.2, 0.25) is 0 Å². The average Bonchev–Trinajstić information content (AvgIpc) is 3.09. The highest BCUT2D eigenvalue weighted by atomic mass is 19.1. The second-order valence-electron chi connectivity index (χ2n) is 8.65. The normalized spacial score (nSPS) is 18.2. The number of carbonyl (C=O) groups excluding carboxylic acids is 2. The van der Waals surface area contributed by atoms with Crippen molar-refractivity contribution in [3.8, 4) is 5.75 Å². The first-order valence-corrected chi connectivity index (χ1v) is 11.2. The molecule has 5 nitrogen and oxygen atoms in total. The summed E-state index contributed by atoms with van der Waals surface area (Å²) in [6.45, 7) is 2.09. The lowest BCUT2D eigenvalue weighted by Crippen LogP contribution is -2.60. The summed E-state index contributed by atoms with van der Waals surface area (Å²) < 4.78 is 33.1. The molecule has 7 heteroatoms. The van der Waals surface area contributed by atoms with Crippen molar-refractivity contribution in [3.63, 3.8) is 0 Å². The summed E-state index contributed by atoms with van der Waals surface area (Å²) >= 11 is 0. The minimum Gasteiger partial charge on any atom is -0.497 e. The van der Waals surface area contributed by atoms with Crippen molar-refractivity contribution in [1.82, 2.24) is 9.80 Å². The molecule has 1 aliphatic heterocycles. The molecule has 0 amide bonds. The van der Waals surface area contributed by atoms with Crippen molar-refractivity contribution < 1.29 is 23.1 Å². The lowest BCUT2D eigenvalue weighted by Gasteiger charge is -2.44. The Bertz CT molecular complexity index is 1230. The Morgan fingerprint density at radius 3 is 2.18 bits per heavy atom. The minimum atomic E-state index is -1.48. The van der Waals surface area contributed by atoms with E-state index in [1.165, 1.54) is 6.07 Å². The van der Waals surface area contributed by atoms with Crippen LogP contribution in [0.1, 0.15) is 31.8 Å². The van der Waals surface area contributed by atoms with Crippen LogP contribution in [0.25, 0.3) is 0 Å². The van der Waals surface area contributed by atoms with Gasteiger partial charge in [0, 0.05) is 49.4 Å². The number of methoxy groups -OCH3 is 1. The maximum atomic E-state index is 14.1. The van der Waals surface area contributed by atoms with Crippen LogP contribution in [0.5, 0.6) is 5.75 Å². The highest BCUT2D eigenvalue weighted by molar-refractivity contribution is 6.32. The number of hydrogen-bond donors (Lipinski definition) is 0. The van der Waals surface area contributed by atoms with Gasteiger partial charge in [0.05, 0.1) is 7.11 Å². The van der Waals surface area contributed by atoms with E-state index < -0.39 is 17.2 Å². The second kappa shape index (κ2) is 8.74. The summed E-state index contributed by atoms with van der Waals surface area (Å²) in [5.74, 6) is -0.856. The molecule has 1 aliphatic carbocycles. The summed E-state index contributed by atoms with van der Waals surface area (Å²) in [5.41, 5.74) is 0.215. The monoisotopic (exact) mass is 462 g/mol. The molecule has 0 N–H and O–H groups in total. The van der Waals surface area contributed by atoms with Crippen molar-refractivity contribution in [1.29, 1.82) is 0 Å². The molecule has 0 aromatic heterocycles. The number of benzene rings is 3. The fourth-order valence-corrected chi connectivity index (χ4v) is 5.10. The summed E-state index contributed by atoms with van der Waals surface area (Å²) in [4.78, 5) is 31.7. The van der Waals surface area contributed by atoms with E-state index in [-0.39, 0.29) is 23.7 Å². The van der Waals surface area contributed by atoms with Crippen LogP contribution in [0.3, 0.4) is 0 Å². The summed E-state index contributed by atoms with van der Waals surface area (Å²) in [7, 11) is 1.54. The van der Waals surface area contributed by atoms with Gasteiger partial charge in [-0.2, -0.15) is 0 Å². The predicted molar refractivity (Wildman–Crippen MR) is 123 cm³/mol. The molecule has 0 spiro atoms. The first-order valence-electron chi connectivity index (χ1n) is 11.2. The van der Waals surface area contributed by atoms with Gasteiger partial charge in [0.15, 0.2) is 17.1 Å². The molecule has 0 unspecified atom stereocenters. The Hall–Kier alpha value is -3.42. The third-order valence-corrected chi connectivity index (χ3v) is 6.81. The first kappa shape index (κ1) is 22.4. The van der Waals surface area contributed by atoms with Crippen molar-refractivity contribution >= 4 is 11.6 Å². The number of ether oxygens (including phenoxy) is 1. The molecule has 5 rings (SSSR count). The molecule has 3 aromatic rings. The van der Waals surface area contributed by atoms with E-state index >= 15 is 0 Å². The topological polar surface area (TPSA) is 49.9 Å². The molecule has 174 valence electrons. The molecule has 1 saturated heterocycles. The van der Waals surface area contributed by atoms with E-state index in [4.69, 9.17) is 4.74 Å². The molecular formula is C27H24F2N2O3. The Kier molecular flexibility index (Phi) is 5.75. The van der Waals surface area contributed by atoms with Crippen LogP contribution < -0.4 is 4.74 Å². The largest absolute Gasteiger partial charge is 0.497 e. The summed E-state index contributed by atoms with van der Waals surface area (Å²) in [5, 5.41) is 0. The number of rotatable bonds is 5. The zero-order valence-electron chi connectivity index (χ0n) is 18.8. The molecule has 0 saturated carbocycles. The lowest BCUT2D eigenvalue weighted by molar-refractivity contribution is 0.0277. The van der Waals surface area contributed by atoms with E-state index in [1.807, 2.05) is 9.80 Å². The third kappa shape index (κ3) is 3.52. The maximum Gasteiger partial charge on any atom is 0.196 e. The van der Waals surface area contributed by atoms with Gasteiger partial charge in [-0.25, -0.2) is 8.78 Å². The molecule has 1 fully saturated rings. The molecule has 1 heterocycles. The van der Waals surface area contributed by atoms with Gasteiger partial charge in [0.1, 0.15) is 17.4 Å². The molecular weight excluding hydrogens is 438 g/mol. The van der Waals surface area contributed by atoms with E-state index in [0.29, 0.717) is 48.6 Å². The van der Waals surface area contributed by atoms with Crippen LogP contribution in [0.15, 0.2) is 66.7 Å². The van der Waals surface area contributed by atoms with Crippen molar-refractivity contribution in [2.75, 3.05) is 33.3 Å². The number of halogens is 2. The van der Waals surface area contributed by atoms with Crippen LogP contribution >= 0.6 is 0 Å². The average molecular weight is 462 g/mol. The molecule has 34 heavy (non-hydrogen) atoms. The summed E-state index contributed by atoms with van der Waals surface area (Å²) in [6, 6.07) is 17.4. The Morgan fingerprint density at radius 1 is 0.853 bits per heavy atom. The second-order valence-corrected chi connectivity index (χ2v) is 8.65. The lowest BCUT2D eigenvalue weighted by atomic mass is 9.82. The Balaban J connectivity index is 1.48. The fourth-order valence-electron chi connectivity index (χ4n) is 5.10. The predicted octanol–water partition coefficient (Wildman–Crippen LogP) is 4.07. The van der Waals surface area contributed by atoms with Crippen LogP contribution in [0.4, 0.5) is 8.78 Å². The van der Waals surface area contributed by atoms with E-state index in [2.05, 4.69) is 0 Å². The number of hydrogen-bond acceptors (Lipinski definition) is 5. The van der Waals surface area contributed by atoms with E-state index in [0.717, 1.165) is 12.1 Å². The van der Waals surface area contributed by atoms with Crippen LogP contribution in [-0.4, -0.2) is 54.7 Å². The molecule has 0 bridgehead atoms. The van der Waals surface area contributed by atoms with Gasteiger partial charge < -0.3 is 4.74 Å². The third-order valence-electron chi connectivity index (χ3n) is 6.81. The van der Waals surface area contributed by atoms with Gasteiger partial charge in [0.2, 0.25) is 0 Å². The number of ketones is 2. The first-order chi connectivity index (χ1) is 16.4. The maximum absolute atomic E-state index is 14.1. The quantitative estimate of drug-likeness (QED) is 0.535. The standard InChI is InChI=1S/C27H24F2N2O3/c1-34-21-6-4-5-19(16-21)27(25(32)22-7-2-3-8-23(22)26(27)33)31-13-11-30(12-14-31)17-18-15-20(28)9-10-24(18)29/h2-10,15-16H,11-14,17H2,1H3. The number of fused-ring (bicyclic) bond motifs is 1. The number of Topliss-reactive ketones (excluding diaryl/α,β-unsaturated/α-hetero) is 2. The van der Waals surface area contributed by atoms with E-state index in [9.17, 15) is 18.4 Å². The van der Waals surface area contributed by atoms with Crippen molar-refractivity contribution in [2.45, 2.75) is 12.1 Å². The SMILES string of the molecule is COc1cccc(C2(N3CCN(Cc4cc(F)ccc4F)CC3)C(=O)c3ccccc3C2=O)c1. The van der Waals surface area contributed by atoms with Crippen molar-refractivity contribution in [2.24, 2.45) is 0 Å².